The average Bonchev–Trinajstić information content (AvgIpc) is 2.70. The number of halogens is 1. The Morgan fingerprint density at radius 1 is 1.11 bits per heavy atom. The summed E-state index contributed by atoms with van der Waals surface area (Å²) in [6.45, 7) is 3.07. The summed E-state index contributed by atoms with van der Waals surface area (Å²) in [5.41, 5.74) is 1.27. The second-order valence-electron chi connectivity index (χ2n) is 6.48. The van der Waals surface area contributed by atoms with Gasteiger partial charge in [-0.3, -0.25) is 9.59 Å². The third kappa shape index (κ3) is 4.99. The van der Waals surface area contributed by atoms with Crippen LogP contribution in [0.5, 0.6) is 5.75 Å². The molecule has 7 heteroatoms. The molecule has 1 aliphatic heterocycles. The predicted molar refractivity (Wildman–Crippen MR) is 105 cm³/mol. The van der Waals surface area contributed by atoms with Gasteiger partial charge in [-0.2, -0.15) is 0 Å². The Morgan fingerprint density at radius 2 is 1.78 bits per heavy atom. The van der Waals surface area contributed by atoms with E-state index in [9.17, 15) is 9.59 Å². The average molecular weight is 389 g/mol. The number of nitrogens with zero attached hydrogens (tertiary/aromatic N) is 1. The molecule has 27 heavy (non-hydrogen) atoms. The van der Waals surface area contributed by atoms with Gasteiger partial charge in [-0.15, -0.1) is 0 Å². The fourth-order valence-corrected chi connectivity index (χ4v) is 3.29. The number of para-hydroxylation sites is 1. The highest BCUT2D eigenvalue weighted by molar-refractivity contribution is 6.33. The number of benzene rings is 2. The number of hydrogen-bond acceptors (Lipinski definition) is 3. The summed E-state index contributed by atoms with van der Waals surface area (Å²) >= 11 is 6.07. The monoisotopic (exact) mass is 388 g/mol. The van der Waals surface area contributed by atoms with E-state index in [0.29, 0.717) is 35.9 Å². The number of rotatable bonds is 5. The van der Waals surface area contributed by atoms with Crippen LogP contribution >= 0.6 is 11.6 Å². The topological polar surface area (TPSA) is 63.1 Å². The van der Waals surface area contributed by atoms with Crippen molar-refractivity contribution in [3.05, 3.63) is 59.1 Å². The molecule has 0 aromatic heterocycles. The first-order valence-electron chi connectivity index (χ1n) is 8.88. The van der Waals surface area contributed by atoms with Crippen molar-refractivity contribution in [3.8, 4) is 5.75 Å². The molecule has 0 unspecified atom stereocenters. The number of carbonyl (C=O) groups is 2. The Balaban J connectivity index is 1.48. The number of nitrogens with one attached hydrogen (secondary N) is 2. The molecule has 3 rings (SSSR count). The highest BCUT2D eigenvalue weighted by Gasteiger charge is 2.26. The van der Waals surface area contributed by atoms with Gasteiger partial charge in [0.15, 0.2) is 6.54 Å². The van der Waals surface area contributed by atoms with Crippen LogP contribution < -0.4 is 15.0 Å². The maximum Gasteiger partial charge on any atom is 0.279 e. The van der Waals surface area contributed by atoms with Crippen molar-refractivity contribution in [1.29, 1.82) is 0 Å². The molecule has 0 spiro atoms. The minimum absolute atomic E-state index is 0.0113. The summed E-state index contributed by atoms with van der Waals surface area (Å²) in [6.07, 6.45) is 0. The van der Waals surface area contributed by atoms with Crippen molar-refractivity contribution in [2.75, 3.05) is 45.2 Å². The number of ether oxygens (including phenoxy) is 1. The van der Waals surface area contributed by atoms with E-state index < -0.39 is 0 Å². The molecule has 2 N–H and O–H groups in total. The molecule has 1 heterocycles. The fraction of sp³-hybridized carbons (Fsp3) is 0.300. The predicted octanol–water partition coefficient (Wildman–Crippen LogP) is 1.33. The fourth-order valence-electron chi connectivity index (χ4n) is 3.10. The SMILES string of the molecule is COc1ccc(C(=O)N2CC[NH+](CC(=O)Nc3ccccc3Cl)CC2)cc1. The van der Waals surface area contributed by atoms with Crippen LogP contribution in [0.4, 0.5) is 5.69 Å². The van der Waals surface area contributed by atoms with Gasteiger partial charge < -0.3 is 19.9 Å². The molecule has 0 aliphatic carbocycles. The maximum absolute atomic E-state index is 12.6. The van der Waals surface area contributed by atoms with Crippen molar-refractivity contribution in [3.63, 3.8) is 0 Å². The second kappa shape index (κ2) is 8.88. The molecule has 0 atom stereocenters. The molecule has 2 aromatic rings. The van der Waals surface area contributed by atoms with Crippen molar-refractivity contribution in [1.82, 2.24) is 4.90 Å². The first-order chi connectivity index (χ1) is 13.1. The summed E-state index contributed by atoms with van der Waals surface area (Å²) in [7, 11) is 1.60. The number of piperazine rings is 1. The third-order valence-corrected chi connectivity index (χ3v) is 4.98. The molecule has 2 aromatic carbocycles. The zero-order chi connectivity index (χ0) is 19.2. The molecule has 1 aliphatic rings. The Hall–Kier alpha value is -2.57. The van der Waals surface area contributed by atoms with Crippen molar-refractivity contribution in [2.24, 2.45) is 0 Å². The van der Waals surface area contributed by atoms with E-state index in [1.807, 2.05) is 17.0 Å². The molecule has 1 fully saturated rings. The number of amides is 2. The van der Waals surface area contributed by atoms with E-state index in [0.717, 1.165) is 23.7 Å². The summed E-state index contributed by atoms with van der Waals surface area (Å²) < 4.78 is 5.12. The van der Waals surface area contributed by atoms with E-state index >= 15 is 0 Å². The molecule has 0 saturated carbocycles. The zero-order valence-electron chi connectivity index (χ0n) is 15.2. The number of hydrogen-bond donors (Lipinski definition) is 2. The lowest BCUT2D eigenvalue weighted by atomic mass is 10.1. The summed E-state index contributed by atoms with van der Waals surface area (Å²) in [6, 6.07) is 14.3. The van der Waals surface area contributed by atoms with Crippen LogP contribution in [-0.2, 0) is 4.79 Å². The molecule has 142 valence electrons. The van der Waals surface area contributed by atoms with Gasteiger partial charge >= 0.3 is 0 Å². The Kier molecular flexibility index (Phi) is 6.32. The summed E-state index contributed by atoms with van der Waals surface area (Å²) in [4.78, 5) is 27.8. The van der Waals surface area contributed by atoms with Crippen molar-refractivity contribution in [2.45, 2.75) is 0 Å². The van der Waals surface area contributed by atoms with Gasteiger partial charge in [0.25, 0.3) is 11.8 Å². The molecule has 0 bridgehead atoms. The first-order valence-corrected chi connectivity index (χ1v) is 9.26. The number of quaternary nitrogens is 1. The van der Waals surface area contributed by atoms with Gasteiger partial charge in [-0.05, 0) is 36.4 Å². The minimum Gasteiger partial charge on any atom is -0.497 e. The molecule has 1 saturated heterocycles. The molecular formula is C20H23ClN3O3+. The van der Waals surface area contributed by atoms with Gasteiger partial charge in [0.1, 0.15) is 5.75 Å². The van der Waals surface area contributed by atoms with Gasteiger partial charge in [0.2, 0.25) is 0 Å². The van der Waals surface area contributed by atoms with Gasteiger partial charge in [-0.25, -0.2) is 0 Å². The van der Waals surface area contributed by atoms with Gasteiger partial charge in [-0.1, -0.05) is 23.7 Å². The third-order valence-electron chi connectivity index (χ3n) is 4.65. The molecule has 2 amide bonds. The van der Waals surface area contributed by atoms with E-state index in [1.165, 1.54) is 0 Å². The molecule has 0 radical (unpaired) electrons. The number of methoxy groups -OCH3 is 1. The second-order valence-corrected chi connectivity index (χ2v) is 6.88. The van der Waals surface area contributed by atoms with E-state index in [-0.39, 0.29) is 11.8 Å². The maximum atomic E-state index is 12.6. The van der Waals surface area contributed by atoms with E-state index in [2.05, 4.69) is 5.32 Å². The van der Waals surface area contributed by atoms with E-state index in [4.69, 9.17) is 16.3 Å². The van der Waals surface area contributed by atoms with Crippen molar-refractivity contribution >= 4 is 29.1 Å². The van der Waals surface area contributed by atoms with Crippen LogP contribution in [-0.4, -0.2) is 56.5 Å². The first kappa shape index (κ1) is 19.2. The largest absolute Gasteiger partial charge is 0.497 e. The summed E-state index contributed by atoms with van der Waals surface area (Å²) in [5, 5.41) is 3.37. The van der Waals surface area contributed by atoms with Crippen LogP contribution in [0.3, 0.4) is 0 Å². The number of carbonyl (C=O) groups excluding carboxylic acids is 2. The van der Waals surface area contributed by atoms with Gasteiger partial charge in [0.05, 0.1) is 44.0 Å². The Labute approximate surface area is 163 Å². The van der Waals surface area contributed by atoms with Crippen molar-refractivity contribution < 1.29 is 19.2 Å². The van der Waals surface area contributed by atoms with Crippen LogP contribution in [0.2, 0.25) is 5.02 Å². The highest BCUT2D eigenvalue weighted by atomic mass is 35.5. The quantitative estimate of drug-likeness (QED) is 0.812. The molecule has 6 nitrogen and oxygen atoms in total. The van der Waals surface area contributed by atoms with Crippen LogP contribution in [0.1, 0.15) is 10.4 Å². The lowest BCUT2D eigenvalue weighted by Gasteiger charge is -2.32. The lowest BCUT2D eigenvalue weighted by Crippen LogP contribution is -3.15. The lowest BCUT2D eigenvalue weighted by molar-refractivity contribution is -0.895. The van der Waals surface area contributed by atoms with Gasteiger partial charge in [0, 0.05) is 5.56 Å². The van der Waals surface area contributed by atoms with Crippen LogP contribution in [0.25, 0.3) is 0 Å². The Bertz CT molecular complexity index is 802. The standard InChI is InChI=1S/C20H22ClN3O3/c1-27-16-8-6-15(7-9-16)20(26)24-12-10-23(11-13-24)14-19(25)22-18-5-3-2-4-17(18)21/h2-9H,10-14H2,1H3,(H,22,25)/p+1. The molecular weight excluding hydrogens is 366 g/mol. The van der Waals surface area contributed by atoms with E-state index in [1.54, 1.807) is 43.5 Å². The normalized spacial score (nSPS) is 14.7. The summed E-state index contributed by atoms with van der Waals surface area (Å²) in [5.74, 6) is 0.663. The smallest absolute Gasteiger partial charge is 0.279 e. The van der Waals surface area contributed by atoms with Crippen LogP contribution in [0, 0.1) is 0 Å². The van der Waals surface area contributed by atoms with Crippen LogP contribution in [0.15, 0.2) is 48.5 Å². The highest BCUT2D eigenvalue weighted by Crippen LogP contribution is 2.20. The zero-order valence-corrected chi connectivity index (χ0v) is 16.0. The Morgan fingerprint density at radius 3 is 2.41 bits per heavy atom. The number of anilines is 1. The minimum atomic E-state index is -0.0759.